The van der Waals surface area contributed by atoms with E-state index in [0.29, 0.717) is 16.8 Å². The van der Waals surface area contributed by atoms with Gasteiger partial charge in [0.1, 0.15) is 5.75 Å². The van der Waals surface area contributed by atoms with Gasteiger partial charge in [-0.25, -0.2) is 0 Å². The van der Waals surface area contributed by atoms with E-state index < -0.39 is 0 Å². The number of nitrogens with one attached hydrogen (secondary N) is 1. The average Bonchev–Trinajstić information content (AvgIpc) is 2.28. The van der Waals surface area contributed by atoms with Crippen molar-refractivity contribution in [2.24, 2.45) is 0 Å². The molecule has 1 heterocycles. The van der Waals surface area contributed by atoms with Crippen molar-refractivity contribution in [3.63, 3.8) is 0 Å². The van der Waals surface area contributed by atoms with Crippen LogP contribution in [0.25, 0.3) is 0 Å². The fourth-order valence-electron chi connectivity index (χ4n) is 2.32. The van der Waals surface area contributed by atoms with Crippen molar-refractivity contribution in [3.05, 3.63) is 28.8 Å². The molecule has 2 rings (SSSR count). The Balaban J connectivity index is 2.03. The second kappa shape index (κ2) is 5.47. The largest absolute Gasteiger partial charge is 0.495 e. The smallest absolute Gasteiger partial charge is 0.137 e. The number of benzene rings is 1. The molecule has 1 aromatic rings. The Morgan fingerprint density at radius 3 is 2.89 bits per heavy atom. The Hall–Kier alpha value is -0.770. The topological polar surface area (TPSA) is 30.5 Å². The Labute approximate surface area is 113 Å². The summed E-state index contributed by atoms with van der Waals surface area (Å²) in [7, 11) is 1.62. The summed E-state index contributed by atoms with van der Waals surface area (Å²) in [5, 5.41) is 4.25. The van der Waals surface area contributed by atoms with Gasteiger partial charge in [-0.05, 0) is 38.0 Å². The number of halogens is 1. The Morgan fingerprint density at radius 2 is 2.28 bits per heavy atom. The minimum Gasteiger partial charge on any atom is -0.495 e. The average molecular weight is 270 g/mol. The van der Waals surface area contributed by atoms with Gasteiger partial charge in [-0.15, -0.1) is 0 Å². The standard InChI is InChI=1S/C14H20ClNO2/c1-14(2)9-18-8-11(16-14)6-10-4-5-13(17-3)12(15)7-10/h4-5,7,11,16H,6,8-9H2,1-3H3. The first kappa shape index (κ1) is 13.7. The molecule has 0 saturated carbocycles. The van der Waals surface area contributed by atoms with E-state index in [0.717, 1.165) is 19.6 Å². The molecule has 1 atom stereocenters. The van der Waals surface area contributed by atoms with Crippen molar-refractivity contribution in [1.82, 2.24) is 5.32 Å². The van der Waals surface area contributed by atoms with Gasteiger partial charge in [-0.2, -0.15) is 0 Å². The van der Waals surface area contributed by atoms with Crippen molar-refractivity contribution in [2.75, 3.05) is 20.3 Å². The van der Waals surface area contributed by atoms with Gasteiger partial charge in [0, 0.05) is 11.6 Å². The highest BCUT2D eigenvalue weighted by Gasteiger charge is 2.27. The van der Waals surface area contributed by atoms with Gasteiger partial charge in [0.25, 0.3) is 0 Å². The van der Waals surface area contributed by atoms with E-state index in [9.17, 15) is 0 Å². The third-order valence-electron chi connectivity index (χ3n) is 3.08. The van der Waals surface area contributed by atoms with Crippen LogP contribution in [0.1, 0.15) is 19.4 Å². The van der Waals surface area contributed by atoms with Crippen molar-refractivity contribution in [2.45, 2.75) is 31.8 Å². The van der Waals surface area contributed by atoms with E-state index in [1.54, 1.807) is 7.11 Å². The monoisotopic (exact) mass is 269 g/mol. The molecule has 1 saturated heterocycles. The van der Waals surface area contributed by atoms with Crippen molar-refractivity contribution < 1.29 is 9.47 Å². The molecule has 3 nitrogen and oxygen atoms in total. The molecule has 1 aromatic carbocycles. The van der Waals surface area contributed by atoms with E-state index in [4.69, 9.17) is 21.1 Å². The summed E-state index contributed by atoms with van der Waals surface area (Å²) in [6, 6.07) is 6.25. The number of methoxy groups -OCH3 is 1. The summed E-state index contributed by atoms with van der Waals surface area (Å²) < 4.78 is 10.8. The van der Waals surface area contributed by atoms with Crippen LogP contribution >= 0.6 is 11.6 Å². The van der Waals surface area contributed by atoms with Crippen LogP contribution in [-0.4, -0.2) is 31.9 Å². The Kier molecular flexibility index (Phi) is 4.15. The van der Waals surface area contributed by atoms with Gasteiger partial charge in [-0.1, -0.05) is 17.7 Å². The summed E-state index contributed by atoms with van der Waals surface area (Å²) in [5.41, 5.74) is 1.23. The van der Waals surface area contributed by atoms with E-state index in [1.165, 1.54) is 5.56 Å². The third kappa shape index (κ3) is 3.37. The molecule has 1 aliphatic heterocycles. The lowest BCUT2D eigenvalue weighted by Gasteiger charge is -2.37. The molecule has 0 aliphatic carbocycles. The van der Waals surface area contributed by atoms with E-state index in [-0.39, 0.29) is 5.54 Å². The summed E-state index contributed by atoms with van der Waals surface area (Å²) in [4.78, 5) is 0. The van der Waals surface area contributed by atoms with E-state index in [1.807, 2.05) is 18.2 Å². The number of hydrogen-bond donors (Lipinski definition) is 1. The summed E-state index contributed by atoms with van der Waals surface area (Å²) in [6.07, 6.45) is 0.910. The van der Waals surface area contributed by atoms with Crippen LogP contribution in [0.15, 0.2) is 18.2 Å². The van der Waals surface area contributed by atoms with Gasteiger partial charge in [0.2, 0.25) is 0 Å². The van der Waals surface area contributed by atoms with Crippen LogP contribution in [0.2, 0.25) is 5.02 Å². The molecule has 18 heavy (non-hydrogen) atoms. The van der Waals surface area contributed by atoms with Crippen molar-refractivity contribution in [3.8, 4) is 5.75 Å². The molecule has 4 heteroatoms. The maximum absolute atomic E-state index is 6.13. The normalized spacial score (nSPS) is 22.8. The molecular weight excluding hydrogens is 250 g/mol. The lowest BCUT2D eigenvalue weighted by atomic mass is 9.99. The quantitative estimate of drug-likeness (QED) is 0.915. The molecule has 1 unspecified atom stereocenters. The molecule has 1 N–H and O–H groups in total. The fourth-order valence-corrected chi connectivity index (χ4v) is 2.60. The number of rotatable bonds is 3. The van der Waals surface area contributed by atoms with E-state index >= 15 is 0 Å². The highest BCUT2D eigenvalue weighted by atomic mass is 35.5. The highest BCUT2D eigenvalue weighted by Crippen LogP contribution is 2.26. The van der Waals surface area contributed by atoms with Crippen molar-refractivity contribution in [1.29, 1.82) is 0 Å². The summed E-state index contributed by atoms with van der Waals surface area (Å²) >= 11 is 6.13. The molecule has 0 bridgehead atoms. The molecule has 0 radical (unpaired) electrons. The molecule has 1 aliphatic rings. The van der Waals surface area contributed by atoms with Crippen LogP contribution in [0, 0.1) is 0 Å². The SMILES string of the molecule is COc1ccc(CC2COCC(C)(C)N2)cc1Cl. The zero-order chi connectivity index (χ0) is 13.2. The molecule has 0 aromatic heterocycles. The summed E-state index contributed by atoms with van der Waals surface area (Å²) in [5.74, 6) is 0.716. The van der Waals surface area contributed by atoms with Gasteiger partial charge < -0.3 is 14.8 Å². The highest BCUT2D eigenvalue weighted by molar-refractivity contribution is 6.32. The zero-order valence-corrected chi connectivity index (χ0v) is 11.9. The van der Waals surface area contributed by atoms with Gasteiger partial charge in [0.05, 0.1) is 25.3 Å². The minimum atomic E-state index is 0.0409. The third-order valence-corrected chi connectivity index (χ3v) is 3.37. The summed E-state index contributed by atoms with van der Waals surface area (Å²) in [6.45, 7) is 5.81. The second-order valence-corrected chi connectivity index (χ2v) is 5.82. The van der Waals surface area contributed by atoms with Crippen LogP contribution in [0.4, 0.5) is 0 Å². The lowest BCUT2D eigenvalue weighted by molar-refractivity contribution is 0.0135. The van der Waals surface area contributed by atoms with Crippen molar-refractivity contribution >= 4 is 11.6 Å². The maximum Gasteiger partial charge on any atom is 0.137 e. The predicted octanol–water partition coefficient (Wildman–Crippen LogP) is 2.66. The molecule has 0 spiro atoms. The molecule has 100 valence electrons. The van der Waals surface area contributed by atoms with E-state index in [2.05, 4.69) is 19.2 Å². The Bertz CT molecular complexity index is 420. The van der Waals surface area contributed by atoms with Crippen LogP contribution in [-0.2, 0) is 11.2 Å². The first-order valence-electron chi connectivity index (χ1n) is 6.18. The van der Waals surface area contributed by atoms with Gasteiger partial charge in [0.15, 0.2) is 0 Å². The molecular formula is C14H20ClNO2. The first-order chi connectivity index (χ1) is 8.50. The minimum absolute atomic E-state index is 0.0409. The predicted molar refractivity (Wildman–Crippen MR) is 73.5 cm³/mol. The number of morpholine rings is 1. The van der Waals surface area contributed by atoms with Crippen LogP contribution in [0.3, 0.4) is 0 Å². The van der Waals surface area contributed by atoms with Crippen LogP contribution < -0.4 is 10.1 Å². The Morgan fingerprint density at radius 1 is 1.50 bits per heavy atom. The second-order valence-electron chi connectivity index (χ2n) is 5.41. The maximum atomic E-state index is 6.13. The number of ether oxygens (including phenoxy) is 2. The van der Waals surface area contributed by atoms with Gasteiger partial charge >= 0.3 is 0 Å². The molecule has 0 amide bonds. The first-order valence-corrected chi connectivity index (χ1v) is 6.56. The van der Waals surface area contributed by atoms with Gasteiger partial charge in [-0.3, -0.25) is 0 Å². The number of hydrogen-bond acceptors (Lipinski definition) is 3. The van der Waals surface area contributed by atoms with Crippen LogP contribution in [0.5, 0.6) is 5.75 Å². The fraction of sp³-hybridized carbons (Fsp3) is 0.571. The molecule has 1 fully saturated rings. The zero-order valence-electron chi connectivity index (χ0n) is 11.1. The lowest BCUT2D eigenvalue weighted by Crippen LogP contribution is -2.56.